The number of hydrogen-bond acceptors (Lipinski definition) is 12. The van der Waals surface area contributed by atoms with Gasteiger partial charge in [0.05, 0.1) is 43.2 Å². The third kappa shape index (κ3) is 29.8. The number of thiophene rings is 4. The fourth-order valence-corrected chi connectivity index (χ4v) is 24.8. The second-order valence-electron chi connectivity index (χ2n) is 41.4. The molecule has 2 fully saturated rings. The van der Waals surface area contributed by atoms with Crippen molar-refractivity contribution in [1.82, 2.24) is 0 Å². The molecule has 14 aromatic rings. The molecule has 0 amide bonds. The second kappa shape index (κ2) is 54.4. The molecule has 16 rings (SSSR count). The lowest BCUT2D eigenvalue weighted by Crippen LogP contribution is -2.41. The van der Waals surface area contributed by atoms with E-state index >= 15 is 0 Å². The quantitative estimate of drug-likeness (QED) is 0.0276. The van der Waals surface area contributed by atoms with Crippen LogP contribution >= 0.6 is 77.2 Å². The monoisotopic (exact) mass is 2120 g/mol. The van der Waals surface area contributed by atoms with Gasteiger partial charge < -0.3 is 37.9 Å². The third-order valence-corrected chi connectivity index (χ3v) is 35.5. The van der Waals surface area contributed by atoms with Crippen LogP contribution in [0.15, 0.2) is 287 Å². The van der Waals surface area contributed by atoms with Crippen LogP contribution in [0.3, 0.4) is 0 Å². The van der Waals surface area contributed by atoms with Crippen molar-refractivity contribution in [3.63, 3.8) is 0 Å². The molecule has 6 heterocycles. The first kappa shape index (κ1) is 111. The molecule has 2 saturated heterocycles. The van der Waals surface area contributed by atoms with Crippen LogP contribution in [0, 0.1) is 11.8 Å². The van der Waals surface area contributed by atoms with Gasteiger partial charge in [0.15, 0.2) is 0 Å². The Morgan fingerprint density at radius 1 is 0.271 bits per heavy atom. The van der Waals surface area contributed by atoms with Crippen molar-refractivity contribution in [2.75, 3.05) is 23.0 Å². The Labute approximate surface area is 898 Å². The minimum Gasteiger partial charge on any atom is -0.493 e. The molecule has 0 aliphatic carbocycles. The molecule has 0 radical (unpaired) electrons. The normalized spacial score (nSPS) is 14.3. The molecule has 0 bridgehead atoms. The summed E-state index contributed by atoms with van der Waals surface area (Å²) in [6.45, 7) is 36.3. The molecule has 8 nitrogen and oxygen atoms in total. The molecule has 2 aliphatic heterocycles. The first-order valence-corrected chi connectivity index (χ1v) is 59.0. The van der Waals surface area contributed by atoms with Crippen LogP contribution in [0.2, 0.25) is 0 Å². The summed E-state index contributed by atoms with van der Waals surface area (Å²) in [7, 11) is -0.820. The summed E-state index contributed by atoms with van der Waals surface area (Å²) in [4.78, 5) is 13.0. The maximum atomic E-state index is 6.36. The summed E-state index contributed by atoms with van der Waals surface area (Å²) in [6, 6.07) is 102. The highest BCUT2D eigenvalue weighted by Gasteiger charge is 2.53. The molecule has 0 spiro atoms. The van der Waals surface area contributed by atoms with Gasteiger partial charge in [-0.15, -0.1) is 45.3 Å². The van der Waals surface area contributed by atoms with Gasteiger partial charge in [-0.3, -0.25) is 0 Å². The van der Waals surface area contributed by atoms with Gasteiger partial charge in [-0.2, -0.15) is 0 Å². The highest BCUT2D eigenvalue weighted by Crippen LogP contribution is 2.48. The van der Waals surface area contributed by atoms with Gasteiger partial charge >= 0.3 is 14.2 Å². The van der Waals surface area contributed by atoms with E-state index in [0.717, 1.165) is 95.4 Å². The predicted octanol–water partition coefficient (Wildman–Crippen LogP) is 39.7. The Hall–Kier alpha value is -8.87. The van der Waals surface area contributed by atoms with Gasteiger partial charge in [-0.25, -0.2) is 0 Å². The van der Waals surface area contributed by atoms with Crippen molar-refractivity contribution in [2.24, 2.45) is 11.8 Å². The van der Waals surface area contributed by atoms with Crippen molar-refractivity contribution in [3.05, 3.63) is 309 Å². The van der Waals surface area contributed by atoms with Crippen LogP contribution in [-0.2, 0) is 44.3 Å². The maximum absolute atomic E-state index is 6.36. The number of halogens is 2. The fourth-order valence-electron chi connectivity index (χ4n) is 19.0. The lowest BCUT2D eigenvalue weighted by molar-refractivity contribution is 0.00578. The Bertz CT molecular complexity index is 5990. The van der Waals surface area contributed by atoms with Gasteiger partial charge in [-0.1, -0.05) is 329 Å². The number of benzene rings is 10. The number of hydrogen-bond donors (Lipinski definition) is 0. The smallest absolute Gasteiger partial charge is 0.493 e. The maximum Gasteiger partial charge on any atom is 0.494 e. The molecule has 10 aromatic carbocycles. The van der Waals surface area contributed by atoms with E-state index in [2.05, 4.69) is 431 Å². The molecule has 2 unspecified atom stereocenters. The molecular formula is C128H156B2Br2N2O6S4. The SMILES string of the molecule is CCCCC(CC)COc1ccc(N(c2ccc(B3OC(C)(C)C(C)(C)O3)cc2)c2ccc(B3OC(C)(C)C(C)(C)O3)cc2)cc1.CCCCCCc1cc(-c2ccccc2)sc1-c1ccc(-c2sc(-c3ccc(N(c4ccc(OCC(CC)CCCC)cc4)c4ccc(-c5ccccc5)cc4)cc3)cc2CCCCCC)cc1.CCCCCCc1cc(Br)sc1-c1ccc(-c2sc(Br)cc2CCCCCC)cc1. The van der Waals surface area contributed by atoms with E-state index in [1.807, 2.05) is 45.3 Å². The standard InChI is InChI=1S/C64H71NOS2.C38H53B2NO5.C26H32Br2S2/c1-5-9-12-16-27-55-45-61(51-25-20-15-21-26-51)67-63(55)53-29-31-54(32-30-53)64-56(28-17-13-10-6-2)46-62(68-64)52-35-39-58(40-36-52)65(57-37-33-50(34-38-57)49-23-18-14-19-24-49)59-41-43-60(44-42-59)66-47-48(8-4)22-11-7-3;1-11-13-14-28(12-2)27-42-34-25-23-33(24-26-34)41(31-19-15-29(16-20-31)39-43-35(3,4)36(5,6)44-39)32-21-17-30(18-22-32)40-45-37(7,8)38(9,10)46-40;1-3-5-7-9-11-21-17-23(27)29-25(21)19-13-15-20(16-14-19)26-22(18-24(28)30-26)12-10-8-6-4-2/h14-15,18-21,23-26,29-46,48H,5-13,16-17,22,27-28,47H2,1-4H3;15-26,28H,11-14,27H2,1-10H3;13-18H,3-12H2,1-2H3. The van der Waals surface area contributed by atoms with Crippen molar-refractivity contribution in [1.29, 1.82) is 0 Å². The van der Waals surface area contributed by atoms with Crippen molar-refractivity contribution < 1.29 is 28.1 Å². The molecule has 4 aromatic heterocycles. The van der Waals surface area contributed by atoms with Crippen molar-refractivity contribution >= 4 is 136 Å². The highest BCUT2D eigenvalue weighted by molar-refractivity contribution is 9.11. The lowest BCUT2D eigenvalue weighted by Gasteiger charge is -2.32. The third-order valence-electron chi connectivity index (χ3n) is 29.5. The zero-order valence-electron chi connectivity index (χ0n) is 88.8. The molecule has 144 heavy (non-hydrogen) atoms. The van der Waals surface area contributed by atoms with Crippen LogP contribution in [0.4, 0.5) is 34.1 Å². The largest absolute Gasteiger partial charge is 0.494 e. The van der Waals surface area contributed by atoms with Gasteiger partial charge in [0.2, 0.25) is 0 Å². The Morgan fingerprint density at radius 2 is 0.521 bits per heavy atom. The minimum absolute atomic E-state index is 0.391. The number of anilines is 6. The average molecular weight is 2130 g/mol. The van der Waals surface area contributed by atoms with Crippen molar-refractivity contribution in [2.45, 2.75) is 313 Å². The number of aryl methyl sites for hydroxylation is 4. The summed E-state index contributed by atoms with van der Waals surface area (Å²) < 4.78 is 40.4. The van der Waals surface area contributed by atoms with E-state index in [0.29, 0.717) is 11.8 Å². The molecule has 0 saturated carbocycles. The number of nitrogens with zero attached hydrogens (tertiary/aromatic N) is 2. The summed E-state index contributed by atoms with van der Waals surface area (Å²) in [5.41, 5.74) is 23.2. The molecule has 2 aliphatic rings. The zero-order chi connectivity index (χ0) is 102. The van der Waals surface area contributed by atoms with E-state index in [1.54, 1.807) is 0 Å². The topological polar surface area (TPSA) is 61.9 Å². The molecule has 2 atom stereocenters. The number of rotatable bonds is 49. The van der Waals surface area contributed by atoms with Crippen LogP contribution < -0.4 is 30.2 Å². The zero-order valence-corrected chi connectivity index (χ0v) is 95.3. The number of ether oxygens (including phenoxy) is 2. The molecular weight excluding hydrogens is 1970 g/mol. The molecule has 16 heteroatoms. The first-order valence-electron chi connectivity index (χ1n) is 54.1. The molecule has 758 valence electrons. The van der Waals surface area contributed by atoms with Gasteiger partial charge in [-0.05, 0) is 362 Å². The van der Waals surface area contributed by atoms with Crippen LogP contribution in [0.5, 0.6) is 11.5 Å². The summed E-state index contributed by atoms with van der Waals surface area (Å²) in [6.07, 6.45) is 34.9. The van der Waals surface area contributed by atoms with E-state index in [9.17, 15) is 0 Å². The van der Waals surface area contributed by atoms with Crippen LogP contribution in [0.1, 0.15) is 287 Å². The predicted molar refractivity (Wildman–Crippen MR) is 634 cm³/mol. The number of unbranched alkanes of at least 4 members (excludes halogenated alkanes) is 14. The Kier molecular flexibility index (Phi) is 41.8. The molecule has 0 N–H and O–H groups in total. The van der Waals surface area contributed by atoms with Crippen molar-refractivity contribution in [3.8, 4) is 85.3 Å². The fraction of sp³-hybridized carbons (Fsp3) is 0.406. The van der Waals surface area contributed by atoms with E-state index < -0.39 is 36.6 Å². The van der Waals surface area contributed by atoms with E-state index in [4.69, 9.17) is 28.1 Å². The lowest BCUT2D eigenvalue weighted by atomic mass is 9.79. The minimum atomic E-state index is -0.410. The highest BCUT2D eigenvalue weighted by atomic mass is 79.9. The Morgan fingerprint density at radius 3 is 0.819 bits per heavy atom. The average Bonchev–Trinajstić information content (AvgIpc) is 1.65. The van der Waals surface area contributed by atoms with Gasteiger partial charge in [0.25, 0.3) is 0 Å². The Balaban J connectivity index is 0.000000186. The second-order valence-corrected chi connectivity index (χ2v) is 48.4. The summed E-state index contributed by atoms with van der Waals surface area (Å²) in [5.74, 6) is 3.00. The van der Waals surface area contributed by atoms with Gasteiger partial charge in [0, 0.05) is 63.4 Å². The summed E-state index contributed by atoms with van der Waals surface area (Å²) in [5, 5.41) is 0. The summed E-state index contributed by atoms with van der Waals surface area (Å²) >= 11 is 15.1. The first-order chi connectivity index (χ1) is 69.8. The van der Waals surface area contributed by atoms with E-state index in [-0.39, 0.29) is 0 Å². The van der Waals surface area contributed by atoms with E-state index in [1.165, 1.54) is 258 Å². The van der Waals surface area contributed by atoms with Crippen LogP contribution in [0.25, 0.3) is 73.8 Å². The van der Waals surface area contributed by atoms with Gasteiger partial charge in [0.1, 0.15) is 11.5 Å². The van der Waals surface area contributed by atoms with Crippen LogP contribution in [-0.4, -0.2) is 49.9 Å².